The molecule has 0 fully saturated rings. The van der Waals surface area contributed by atoms with Gasteiger partial charge < -0.3 is 14.0 Å². The van der Waals surface area contributed by atoms with Crippen LogP contribution in [0, 0.1) is 31.7 Å². The van der Waals surface area contributed by atoms with Crippen LogP contribution in [0.3, 0.4) is 0 Å². The first kappa shape index (κ1) is 44.1. The average molecular weight is 1150 g/mol. The fourth-order valence-electron chi connectivity index (χ4n) is 9.57. The standard InChI is InChI=1S/C47H42FN2O.C20H26N.Ir/c1-28(2)39-25-33(31-15-20-34(21-16-31)47(5,6)7)26-40(29(3)4)44(39)50-42-14-9-8-13-41(42)49-46(50)38-12-10-11-37-36-24-19-32(27-43(36)51-45(37)38)30-17-22-35(48)23-18-30;1-13(2)17-10-16(9-8-14(17)3)19-11-18(20(5,6)7)15(4)12-21-19;/h8-11,13-29H,1-7H3;8,10-13H,1-7H3;/q2*-1;/i;3D3,4D3,13D;. The number of nitrogens with zero attached hydrogens (tertiary/aromatic N) is 3. The van der Waals surface area contributed by atoms with Crippen LogP contribution in [0.1, 0.15) is 149 Å². The molecule has 0 saturated carbocycles. The molecule has 6 heteroatoms. The third kappa shape index (κ3) is 10.7. The summed E-state index contributed by atoms with van der Waals surface area (Å²) in [6.45, 7) is 20.3. The summed E-state index contributed by atoms with van der Waals surface area (Å²) in [6, 6.07) is 50.2. The molecule has 0 unspecified atom stereocenters. The van der Waals surface area contributed by atoms with Crippen molar-refractivity contribution in [2.24, 2.45) is 0 Å². The predicted octanol–water partition coefficient (Wildman–Crippen LogP) is 19.0. The maximum atomic E-state index is 13.7. The molecule has 10 rings (SSSR count). The van der Waals surface area contributed by atoms with Crippen molar-refractivity contribution in [3.63, 3.8) is 0 Å². The molecule has 0 aliphatic rings. The molecule has 1 radical (unpaired) electrons. The van der Waals surface area contributed by atoms with Crippen LogP contribution in [0.4, 0.5) is 4.39 Å². The fraction of sp³-hybridized carbons (Fsp3) is 0.284. The zero-order valence-corrected chi connectivity index (χ0v) is 46.3. The van der Waals surface area contributed by atoms with Gasteiger partial charge in [-0.3, -0.25) is 4.98 Å². The molecule has 7 aromatic carbocycles. The van der Waals surface area contributed by atoms with Crippen LogP contribution in [0.15, 0.2) is 144 Å². The second-order valence-corrected chi connectivity index (χ2v) is 21.9. The molecule has 0 aliphatic carbocycles. The molecule has 73 heavy (non-hydrogen) atoms. The van der Waals surface area contributed by atoms with Gasteiger partial charge in [-0.15, -0.1) is 53.1 Å². The second kappa shape index (κ2) is 20.8. The Kier molecular flexibility index (Phi) is 12.6. The van der Waals surface area contributed by atoms with Crippen LogP contribution < -0.4 is 0 Å². The third-order valence-electron chi connectivity index (χ3n) is 13.6. The molecule has 0 saturated heterocycles. The van der Waals surface area contributed by atoms with Crippen LogP contribution in [0.5, 0.6) is 0 Å². The van der Waals surface area contributed by atoms with Crippen molar-refractivity contribution >= 4 is 33.0 Å². The molecule has 0 spiro atoms. The van der Waals surface area contributed by atoms with E-state index in [0.717, 1.165) is 55.5 Å². The molecule has 0 atom stereocenters. The van der Waals surface area contributed by atoms with E-state index >= 15 is 0 Å². The largest absolute Gasteiger partial charge is 0.501 e. The van der Waals surface area contributed by atoms with Gasteiger partial charge in [0.25, 0.3) is 0 Å². The van der Waals surface area contributed by atoms with E-state index in [1.807, 2.05) is 39.0 Å². The molecule has 0 amide bonds. The van der Waals surface area contributed by atoms with Crippen molar-refractivity contribution in [1.82, 2.24) is 14.5 Å². The molecule has 375 valence electrons. The first-order valence-electron chi connectivity index (χ1n) is 28.4. The number of imidazole rings is 1. The number of hydrogen-bond acceptors (Lipinski definition) is 3. The number of aryl methyl sites for hydroxylation is 2. The number of para-hydroxylation sites is 2. The quantitative estimate of drug-likeness (QED) is 0.142. The van der Waals surface area contributed by atoms with E-state index in [-0.39, 0.29) is 54.3 Å². The third-order valence-corrected chi connectivity index (χ3v) is 13.6. The SMILES string of the molecule is CC(C)c1cc(-c2ccc(C(C)(C)C)cc2)cc(C(C)C)c1-n1c(-c2[c-]ccc3c2oc2cc(-c4ccc(F)cc4)ccc23)nc2ccccc21.[2H]C([2H])([2H])c1c[c-]c(-c2cc(C(C)(C)C)c(C([2H])([2H])[2H])cn2)cc1C([2H])(C)C.[Ir]. The zero-order valence-electron chi connectivity index (χ0n) is 50.9. The summed E-state index contributed by atoms with van der Waals surface area (Å²) in [5.74, 6) is -0.0886. The molecule has 0 bridgehead atoms. The molecule has 0 aliphatic heterocycles. The summed E-state index contributed by atoms with van der Waals surface area (Å²) in [4.78, 5) is 9.61. The zero-order chi connectivity index (χ0) is 57.3. The van der Waals surface area contributed by atoms with Crippen LogP contribution in [0.2, 0.25) is 0 Å². The summed E-state index contributed by atoms with van der Waals surface area (Å²) in [7, 11) is 0. The van der Waals surface area contributed by atoms with Gasteiger partial charge in [-0.25, -0.2) is 4.39 Å². The summed E-state index contributed by atoms with van der Waals surface area (Å²) >= 11 is 0. The number of aromatic nitrogens is 3. The van der Waals surface area contributed by atoms with Gasteiger partial charge in [-0.1, -0.05) is 168 Å². The molecule has 4 nitrogen and oxygen atoms in total. The first-order chi connectivity index (χ1) is 36.9. The number of furan rings is 1. The van der Waals surface area contributed by atoms with Gasteiger partial charge in [0.2, 0.25) is 0 Å². The van der Waals surface area contributed by atoms with Crippen LogP contribution in [0.25, 0.3) is 83.6 Å². The fourth-order valence-corrected chi connectivity index (χ4v) is 9.57. The van der Waals surface area contributed by atoms with E-state index < -0.39 is 25.0 Å². The van der Waals surface area contributed by atoms with Crippen LogP contribution in [-0.2, 0) is 30.9 Å². The minimum Gasteiger partial charge on any atom is -0.501 e. The number of fused-ring (bicyclic) bond motifs is 4. The van der Waals surface area contributed by atoms with Crippen LogP contribution >= 0.6 is 0 Å². The van der Waals surface area contributed by atoms with Crippen LogP contribution in [-0.4, -0.2) is 14.5 Å². The Morgan fingerprint density at radius 1 is 0.658 bits per heavy atom. The first-order valence-corrected chi connectivity index (χ1v) is 24.9. The van der Waals surface area contributed by atoms with E-state index in [2.05, 4.69) is 143 Å². The summed E-state index contributed by atoms with van der Waals surface area (Å²) in [5.41, 5.74) is 15.7. The topological polar surface area (TPSA) is 43.9 Å². The minimum absolute atomic E-state index is 0. The van der Waals surface area contributed by atoms with E-state index in [1.54, 1.807) is 38.1 Å². The van der Waals surface area contributed by atoms with Crippen molar-refractivity contribution < 1.29 is 38.5 Å². The summed E-state index contributed by atoms with van der Waals surface area (Å²) in [5, 5.41) is 2.02. The molecular formula is C67H68FIrN3O-2. The number of pyridine rings is 1. The number of rotatable bonds is 8. The van der Waals surface area contributed by atoms with Crippen molar-refractivity contribution in [1.29, 1.82) is 0 Å². The Morgan fingerprint density at radius 3 is 1.93 bits per heavy atom. The van der Waals surface area contributed by atoms with Gasteiger partial charge in [-0.05, 0) is 134 Å². The number of benzene rings is 7. The van der Waals surface area contributed by atoms with Gasteiger partial charge in [0, 0.05) is 47.0 Å². The van der Waals surface area contributed by atoms with Crippen molar-refractivity contribution in [3.05, 3.63) is 197 Å². The van der Waals surface area contributed by atoms with Gasteiger partial charge in [0.1, 0.15) is 11.4 Å². The Labute approximate surface area is 456 Å². The normalized spacial score (nSPS) is 13.9. The minimum atomic E-state index is -2.35. The van der Waals surface area contributed by atoms with Gasteiger partial charge in [-0.2, -0.15) is 0 Å². The average Bonchev–Trinajstić information content (AvgIpc) is 4.00. The second-order valence-electron chi connectivity index (χ2n) is 21.9. The van der Waals surface area contributed by atoms with Gasteiger partial charge in [0.15, 0.2) is 0 Å². The molecule has 0 N–H and O–H groups in total. The molecular weight excluding hydrogens is 1070 g/mol. The molecule has 3 aromatic heterocycles. The monoisotopic (exact) mass is 1150 g/mol. The van der Waals surface area contributed by atoms with E-state index in [9.17, 15) is 4.39 Å². The van der Waals surface area contributed by atoms with Crippen molar-refractivity contribution in [3.8, 4) is 50.6 Å². The van der Waals surface area contributed by atoms with Crippen molar-refractivity contribution in [2.45, 2.75) is 125 Å². The Morgan fingerprint density at radius 2 is 1.30 bits per heavy atom. The number of hydrogen-bond donors (Lipinski definition) is 0. The van der Waals surface area contributed by atoms with Crippen molar-refractivity contribution in [2.75, 3.05) is 0 Å². The van der Waals surface area contributed by atoms with Gasteiger partial charge in [0.05, 0.1) is 22.4 Å². The Balaban J connectivity index is 0.000000247. The Hall–Kier alpha value is -6.46. The molecule has 3 heterocycles. The Bertz CT molecular complexity index is 3790. The van der Waals surface area contributed by atoms with E-state index in [0.29, 0.717) is 22.4 Å². The van der Waals surface area contributed by atoms with E-state index in [4.69, 9.17) is 19.0 Å². The van der Waals surface area contributed by atoms with E-state index in [1.165, 1.54) is 57.9 Å². The summed E-state index contributed by atoms with van der Waals surface area (Å²) in [6.07, 6.45) is 1.36. The van der Waals surface area contributed by atoms with Gasteiger partial charge >= 0.3 is 0 Å². The smallest absolute Gasteiger partial charge is 0.123 e. The maximum Gasteiger partial charge on any atom is 0.123 e. The number of halogens is 1. The summed E-state index contributed by atoms with van der Waals surface area (Å²) < 4.78 is 77.6. The predicted molar refractivity (Wildman–Crippen MR) is 301 cm³/mol. The maximum absolute atomic E-state index is 13.7. The molecule has 10 aromatic rings.